The van der Waals surface area contributed by atoms with Gasteiger partial charge in [0.15, 0.2) is 5.82 Å². The summed E-state index contributed by atoms with van der Waals surface area (Å²) in [7, 11) is 0. The van der Waals surface area contributed by atoms with Gasteiger partial charge >= 0.3 is 0 Å². The van der Waals surface area contributed by atoms with Gasteiger partial charge in [0.2, 0.25) is 5.82 Å². The van der Waals surface area contributed by atoms with Crippen molar-refractivity contribution in [3.63, 3.8) is 0 Å². The zero-order valence-electron chi connectivity index (χ0n) is 16.0. The van der Waals surface area contributed by atoms with Crippen molar-refractivity contribution in [1.29, 1.82) is 0 Å². The largest absolute Gasteiger partial charge is 0.264 e. The summed E-state index contributed by atoms with van der Waals surface area (Å²) in [5.74, 6) is 2.45. The van der Waals surface area contributed by atoms with E-state index in [-0.39, 0.29) is 0 Å². The third-order valence-electron chi connectivity index (χ3n) is 4.58. The minimum Gasteiger partial charge on any atom is -0.264 e. The molecule has 1 aromatic carbocycles. The van der Waals surface area contributed by atoms with Crippen molar-refractivity contribution in [3.05, 3.63) is 59.9 Å². The highest BCUT2D eigenvalue weighted by molar-refractivity contribution is 5.79. The number of hydrogen-bond acceptors (Lipinski definition) is 6. The summed E-state index contributed by atoms with van der Waals surface area (Å²) in [6.07, 6.45) is 6.18. The van der Waals surface area contributed by atoms with Gasteiger partial charge < -0.3 is 0 Å². The smallest absolute Gasteiger partial charge is 0.206 e. The number of nitrogens with one attached hydrogen (secondary N) is 1. The van der Waals surface area contributed by atoms with Crippen LogP contribution >= 0.6 is 0 Å². The van der Waals surface area contributed by atoms with Gasteiger partial charge in [-0.1, -0.05) is 38.1 Å². The van der Waals surface area contributed by atoms with E-state index in [9.17, 15) is 0 Å². The van der Waals surface area contributed by atoms with E-state index >= 15 is 0 Å². The highest BCUT2D eigenvalue weighted by Gasteiger charge is 2.12. The minimum atomic E-state index is 0.534. The van der Waals surface area contributed by atoms with Gasteiger partial charge in [-0.05, 0) is 34.4 Å². The Balaban J connectivity index is 1.60. The average molecular weight is 374 g/mol. The zero-order chi connectivity index (χ0) is 19.3. The Bertz CT molecular complexity index is 1030. The number of aromatic amines is 1. The molecular weight excluding hydrogens is 352 g/mol. The van der Waals surface area contributed by atoms with Crippen LogP contribution < -0.4 is 0 Å². The van der Waals surface area contributed by atoms with Crippen LogP contribution in [0.4, 0.5) is 0 Å². The fourth-order valence-corrected chi connectivity index (χ4v) is 3.18. The number of pyridine rings is 1. The van der Waals surface area contributed by atoms with Crippen LogP contribution in [0, 0.1) is 0 Å². The molecule has 8 nitrogen and oxygen atoms in total. The van der Waals surface area contributed by atoms with Crippen LogP contribution in [0.1, 0.15) is 37.5 Å². The van der Waals surface area contributed by atoms with Crippen molar-refractivity contribution in [3.8, 4) is 22.5 Å². The summed E-state index contributed by atoms with van der Waals surface area (Å²) in [5.41, 5.74) is 4.14. The van der Waals surface area contributed by atoms with Crippen molar-refractivity contribution in [1.82, 2.24) is 40.4 Å². The summed E-state index contributed by atoms with van der Waals surface area (Å²) < 4.78 is 2.03. The normalized spacial score (nSPS) is 11.1. The average Bonchev–Trinajstić information content (AvgIpc) is 3.39. The molecule has 0 radical (unpaired) electrons. The van der Waals surface area contributed by atoms with E-state index in [4.69, 9.17) is 0 Å². The maximum absolute atomic E-state index is 4.69. The number of tetrazole rings is 1. The minimum absolute atomic E-state index is 0.534. The molecule has 0 aliphatic rings. The van der Waals surface area contributed by atoms with E-state index in [1.807, 2.05) is 10.7 Å². The molecule has 0 saturated heterocycles. The van der Waals surface area contributed by atoms with E-state index in [0.717, 1.165) is 54.1 Å². The molecule has 0 aliphatic heterocycles. The van der Waals surface area contributed by atoms with Crippen molar-refractivity contribution in [2.45, 2.75) is 39.7 Å². The molecule has 0 unspecified atom stereocenters. The van der Waals surface area contributed by atoms with Crippen molar-refractivity contribution in [2.75, 3.05) is 0 Å². The number of nitrogens with zero attached hydrogens (tertiary/aromatic N) is 7. The Labute approximate surface area is 163 Å². The lowest BCUT2D eigenvalue weighted by molar-refractivity contribution is 0.571. The van der Waals surface area contributed by atoms with Gasteiger partial charge in [-0.15, -0.1) is 10.2 Å². The van der Waals surface area contributed by atoms with Crippen LogP contribution in [-0.2, 0) is 19.4 Å². The van der Waals surface area contributed by atoms with Crippen LogP contribution in [-0.4, -0.2) is 40.4 Å². The first kappa shape index (κ1) is 18.0. The lowest BCUT2D eigenvalue weighted by Crippen LogP contribution is -2.06. The maximum atomic E-state index is 4.69. The lowest BCUT2D eigenvalue weighted by atomic mass is 9.99. The Morgan fingerprint density at radius 2 is 1.89 bits per heavy atom. The molecule has 0 atom stereocenters. The van der Waals surface area contributed by atoms with E-state index in [0.29, 0.717) is 5.82 Å². The second-order valence-electron chi connectivity index (χ2n) is 6.55. The first-order chi connectivity index (χ1) is 13.8. The highest BCUT2D eigenvalue weighted by atomic mass is 15.5. The highest BCUT2D eigenvalue weighted by Crippen LogP contribution is 2.29. The monoisotopic (exact) mass is 374 g/mol. The summed E-state index contributed by atoms with van der Waals surface area (Å²) >= 11 is 0. The summed E-state index contributed by atoms with van der Waals surface area (Å²) in [6.45, 7) is 5.13. The van der Waals surface area contributed by atoms with E-state index in [1.165, 1.54) is 5.56 Å². The van der Waals surface area contributed by atoms with Gasteiger partial charge in [0.1, 0.15) is 5.82 Å². The summed E-state index contributed by atoms with van der Waals surface area (Å²) in [4.78, 5) is 8.89. The third kappa shape index (κ3) is 3.66. The second-order valence-corrected chi connectivity index (χ2v) is 6.55. The Morgan fingerprint density at radius 3 is 2.61 bits per heavy atom. The first-order valence-electron chi connectivity index (χ1n) is 9.48. The fourth-order valence-electron chi connectivity index (χ4n) is 3.18. The molecule has 0 amide bonds. The standard InChI is InChI=1S/C20H22N8/c1-3-11-28-19(22-18(4-2)25-28)12-14-5-7-15(8-6-14)16-9-10-21-13-17(16)20-23-26-27-24-20/h5-10,13H,3-4,11-12H2,1-2H3,(H,23,24,26,27). The Kier molecular flexibility index (Phi) is 5.18. The van der Waals surface area contributed by atoms with Gasteiger partial charge in [0.05, 0.1) is 0 Å². The predicted octanol–water partition coefficient (Wildman–Crippen LogP) is 3.08. The number of aromatic nitrogens is 8. The van der Waals surface area contributed by atoms with Gasteiger partial charge in [-0.2, -0.15) is 10.3 Å². The molecule has 3 aromatic heterocycles. The Morgan fingerprint density at radius 1 is 1.04 bits per heavy atom. The molecule has 142 valence electrons. The SMILES string of the molecule is CCCn1nc(CC)nc1Cc1ccc(-c2ccncc2-c2nn[nH]n2)cc1. The van der Waals surface area contributed by atoms with Gasteiger partial charge in [0, 0.05) is 37.3 Å². The quantitative estimate of drug-likeness (QED) is 0.534. The molecule has 8 heteroatoms. The van der Waals surface area contributed by atoms with Crippen molar-refractivity contribution < 1.29 is 0 Å². The van der Waals surface area contributed by atoms with Gasteiger partial charge in [-0.3, -0.25) is 4.98 Å². The number of H-pyrrole nitrogens is 1. The fraction of sp³-hybridized carbons (Fsp3) is 0.300. The topological polar surface area (TPSA) is 98.1 Å². The molecule has 28 heavy (non-hydrogen) atoms. The van der Waals surface area contributed by atoms with Crippen LogP contribution in [0.15, 0.2) is 42.7 Å². The van der Waals surface area contributed by atoms with E-state index in [2.05, 4.69) is 73.8 Å². The number of benzene rings is 1. The van der Waals surface area contributed by atoms with E-state index < -0.39 is 0 Å². The second kappa shape index (κ2) is 8.08. The van der Waals surface area contributed by atoms with Crippen LogP contribution in [0.2, 0.25) is 0 Å². The molecule has 4 aromatic rings. The molecular formula is C20H22N8. The van der Waals surface area contributed by atoms with Crippen molar-refractivity contribution >= 4 is 0 Å². The first-order valence-corrected chi connectivity index (χ1v) is 9.48. The third-order valence-corrected chi connectivity index (χ3v) is 4.58. The zero-order valence-corrected chi connectivity index (χ0v) is 16.0. The Hall–Kier alpha value is -3.42. The van der Waals surface area contributed by atoms with Crippen LogP contribution in [0.25, 0.3) is 22.5 Å². The molecule has 1 N–H and O–H groups in total. The van der Waals surface area contributed by atoms with E-state index in [1.54, 1.807) is 12.4 Å². The number of rotatable bonds is 7. The molecule has 0 spiro atoms. The number of aryl methyl sites for hydroxylation is 2. The number of hydrogen-bond donors (Lipinski definition) is 1. The van der Waals surface area contributed by atoms with Gasteiger partial charge in [0.25, 0.3) is 0 Å². The molecule has 3 heterocycles. The molecule has 0 fully saturated rings. The molecule has 0 bridgehead atoms. The summed E-state index contributed by atoms with van der Waals surface area (Å²) in [6, 6.07) is 10.4. The van der Waals surface area contributed by atoms with Crippen molar-refractivity contribution in [2.24, 2.45) is 0 Å². The predicted molar refractivity (Wildman–Crippen MR) is 105 cm³/mol. The van der Waals surface area contributed by atoms with Crippen LogP contribution in [0.3, 0.4) is 0 Å². The summed E-state index contributed by atoms with van der Waals surface area (Å²) in [5, 5.41) is 18.9. The maximum Gasteiger partial charge on any atom is 0.206 e. The van der Waals surface area contributed by atoms with Gasteiger partial charge in [-0.25, -0.2) is 9.67 Å². The van der Waals surface area contributed by atoms with Crippen LogP contribution in [0.5, 0.6) is 0 Å². The molecule has 0 aliphatic carbocycles. The molecule has 4 rings (SSSR count). The molecule has 0 saturated carbocycles. The lowest BCUT2D eigenvalue weighted by Gasteiger charge is -2.08.